The van der Waals surface area contributed by atoms with Crippen molar-refractivity contribution in [2.45, 2.75) is 13.0 Å². The molecule has 1 aromatic carbocycles. The molecule has 3 aromatic rings. The lowest BCUT2D eigenvalue weighted by Crippen LogP contribution is -2.45. The SMILES string of the molecule is C[C@@H](CNc1ccc2nnc(-c3ccccc3)n2n1)N1CCOCC1. The van der Waals surface area contributed by atoms with Crippen LogP contribution in [0, 0.1) is 0 Å². The molecule has 0 saturated carbocycles. The quantitative estimate of drug-likeness (QED) is 0.767. The van der Waals surface area contributed by atoms with Crippen molar-refractivity contribution in [3.63, 3.8) is 0 Å². The maximum Gasteiger partial charge on any atom is 0.185 e. The monoisotopic (exact) mass is 338 g/mol. The lowest BCUT2D eigenvalue weighted by molar-refractivity contribution is 0.0227. The number of hydrogen-bond donors (Lipinski definition) is 1. The molecule has 1 fully saturated rings. The highest BCUT2D eigenvalue weighted by molar-refractivity contribution is 5.59. The smallest absolute Gasteiger partial charge is 0.185 e. The number of nitrogens with zero attached hydrogens (tertiary/aromatic N) is 5. The Bertz CT molecular complexity index is 828. The van der Waals surface area contributed by atoms with E-state index in [9.17, 15) is 0 Å². The van der Waals surface area contributed by atoms with Gasteiger partial charge in [-0.2, -0.15) is 4.52 Å². The number of rotatable bonds is 5. The first-order chi connectivity index (χ1) is 12.3. The van der Waals surface area contributed by atoms with Crippen LogP contribution in [0.15, 0.2) is 42.5 Å². The second kappa shape index (κ2) is 7.16. The third-order valence-electron chi connectivity index (χ3n) is 4.54. The van der Waals surface area contributed by atoms with Crippen LogP contribution in [-0.4, -0.2) is 63.6 Å². The molecule has 4 rings (SSSR count). The molecule has 3 heterocycles. The van der Waals surface area contributed by atoms with Crippen LogP contribution in [0.2, 0.25) is 0 Å². The van der Waals surface area contributed by atoms with Crippen molar-refractivity contribution in [2.24, 2.45) is 0 Å². The standard InChI is InChI=1S/C18H22N6O/c1-14(23-9-11-25-12-10-23)13-19-16-7-8-17-20-21-18(24(17)22-16)15-5-3-2-4-6-15/h2-8,14H,9-13H2,1H3,(H,19,22)/t14-/m0/s1. The minimum atomic E-state index is 0.427. The normalized spacial score (nSPS) is 16.8. The lowest BCUT2D eigenvalue weighted by Gasteiger charge is -2.32. The summed E-state index contributed by atoms with van der Waals surface area (Å²) in [4.78, 5) is 2.43. The van der Waals surface area contributed by atoms with Crippen molar-refractivity contribution in [3.8, 4) is 11.4 Å². The van der Waals surface area contributed by atoms with Gasteiger partial charge in [0.15, 0.2) is 11.5 Å². The molecule has 0 unspecified atom stereocenters. The molecule has 25 heavy (non-hydrogen) atoms. The van der Waals surface area contributed by atoms with Crippen molar-refractivity contribution < 1.29 is 4.74 Å². The van der Waals surface area contributed by atoms with Crippen molar-refractivity contribution in [1.29, 1.82) is 0 Å². The van der Waals surface area contributed by atoms with E-state index in [-0.39, 0.29) is 0 Å². The number of morpholine rings is 1. The fourth-order valence-corrected chi connectivity index (χ4v) is 3.05. The van der Waals surface area contributed by atoms with Crippen LogP contribution < -0.4 is 5.32 Å². The second-order valence-corrected chi connectivity index (χ2v) is 6.26. The van der Waals surface area contributed by atoms with E-state index in [1.807, 2.05) is 42.5 Å². The van der Waals surface area contributed by atoms with E-state index in [1.54, 1.807) is 4.52 Å². The molecule has 1 aliphatic rings. The number of aromatic nitrogens is 4. The first-order valence-corrected chi connectivity index (χ1v) is 8.65. The van der Waals surface area contributed by atoms with Crippen LogP contribution in [0.4, 0.5) is 5.82 Å². The predicted molar refractivity (Wildman–Crippen MR) is 96.6 cm³/mol. The Hall–Kier alpha value is -2.51. The molecule has 2 aromatic heterocycles. The fourth-order valence-electron chi connectivity index (χ4n) is 3.05. The molecule has 1 aliphatic heterocycles. The molecule has 0 aliphatic carbocycles. The lowest BCUT2D eigenvalue weighted by atomic mass is 10.2. The summed E-state index contributed by atoms with van der Waals surface area (Å²) in [7, 11) is 0. The van der Waals surface area contributed by atoms with Crippen LogP contribution in [0.25, 0.3) is 17.0 Å². The number of anilines is 1. The summed E-state index contributed by atoms with van der Waals surface area (Å²) in [6.07, 6.45) is 0. The molecule has 0 bridgehead atoms. The zero-order valence-electron chi connectivity index (χ0n) is 14.3. The molecular formula is C18H22N6O. The Balaban J connectivity index is 1.50. The van der Waals surface area contributed by atoms with Gasteiger partial charge >= 0.3 is 0 Å². The highest BCUT2D eigenvalue weighted by Crippen LogP contribution is 2.18. The summed E-state index contributed by atoms with van der Waals surface area (Å²) < 4.78 is 7.20. The summed E-state index contributed by atoms with van der Waals surface area (Å²) >= 11 is 0. The van der Waals surface area contributed by atoms with E-state index in [2.05, 4.69) is 32.4 Å². The highest BCUT2D eigenvalue weighted by Gasteiger charge is 2.17. The van der Waals surface area contributed by atoms with E-state index in [1.165, 1.54) is 0 Å². The molecule has 1 N–H and O–H groups in total. The minimum absolute atomic E-state index is 0.427. The summed E-state index contributed by atoms with van der Waals surface area (Å²) in [6.45, 7) is 6.66. The number of fused-ring (bicyclic) bond motifs is 1. The summed E-state index contributed by atoms with van der Waals surface area (Å²) in [5, 5.41) is 16.6. The van der Waals surface area contributed by atoms with E-state index in [0.717, 1.165) is 55.7 Å². The molecule has 1 saturated heterocycles. The van der Waals surface area contributed by atoms with E-state index in [0.29, 0.717) is 6.04 Å². The van der Waals surface area contributed by atoms with E-state index in [4.69, 9.17) is 4.74 Å². The van der Waals surface area contributed by atoms with Crippen LogP contribution >= 0.6 is 0 Å². The molecule has 0 spiro atoms. The van der Waals surface area contributed by atoms with Gasteiger partial charge in [-0.15, -0.1) is 15.3 Å². The van der Waals surface area contributed by atoms with Gasteiger partial charge in [-0.25, -0.2) is 0 Å². The maximum atomic E-state index is 5.42. The largest absolute Gasteiger partial charge is 0.379 e. The van der Waals surface area contributed by atoms with Gasteiger partial charge in [-0.05, 0) is 19.1 Å². The van der Waals surface area contributed by atoms with E-state index < -0.39 is 0 Å². The van der Waals surface area contributed by atoms with Gasteiger partial charge in [0, 0.05) is 31.2 Å². The summed E-state index contributed by atoms with van der Waals surface area (Å²) in [5.41, 5.74) is 1.74. The van der Waals surface area contributed by atoms with Gasteiger partial charge in [-0.1, -0.05) is 30.3 Å². The molecule has 7 nitrogen and oxygen atoms in total. The highest BCUT2D eigenvalue weighted by atomic mass is 16.5. The first-order valence-electron chi connectivity index (χ1n) is 8.65. The van der Waals surface area contributed by atoms with Crippen molar-refractivity contribution >= 4 is 11.5 Å². The Morgan fingerprint density at radius 2 is 1.88 bits per heavy atom. The molecule has 0 radical (unpaired) electrons. The van der Waals surface area contributed by atoms with Crippen LogP contribution in [0.5, 0.6) is 0 Å². The molecule has 1 atom stereocenters. The minimum Gasteiger partial charge on any atom is -0.379 e. The predicted octanol–water partition coefficient (Wildman–Crippen LogP) is 1.92. The Morgan fingerprint density at radius 3 is 2.68 bits per heavy atom. The van der Waals surface area contributed by atoms with Crippen molar-refractivity contribution in [3.05, 3.63) is 42.5 Å². The Morgan fingerprint density at radius 1 is 1.08 bits per heavy atom. The van der Waals surface area contributed by atoms with Gasteiger partial charge in [0.05, 0.1) is 13.2 Å². The van der Waals surface area contributed by atoms with Crippen LogP contribution in [0.1, 0.15) is 6.92 Å². The summed E-state index contributed by atoms with van der Waals surface area (Å²) in [6, 6.07) is 14.3. The summed E-state index contributed by atoms with van der Waals surface area (Å²) in [5.74, 6) is 1.57. The molecule has 7 heteroatoms. The van der Waals surface area contributed by atoms with Crippen molar-refractivity contribution in [2.75, 3.05) is 38.2 Å². The molecule has 130 valence electrons. The van der Waals surface area contributed by atoms with Gasteiger partial charge in [0.25, 0.3) is 0 Å². The zero-order chi connectivity index (χ0) is 17.1. The average Bonchev–Trinajstić information content (AvgIpc) is 3.10. The number of ether oxygens (including phenoxy) is 1. The Labute approximate surface area is 146 Å². The van der Waals surface area contributed by atoms with Crippen molar-refractivity contribution in [1.82, 2.24) is 24.7 Å². The average molecular weight is 338 g/mol. The van der Waals surface area contributed by atoms with Gasteiger partial charge in [0.1, 0.15) is 5.82 Å². The van der Waals surface area contributed by atoms with Gasteiger partial charge < -0.3 is 10.1 Å². The zero-order valence-corrected chi connectivity index (χ0v) is 14.3. The van der Waals surface area contributed by atoms with E-state index >= 15 is 0 Å². The molecular weight excluding hydrogens is 316 g/mol. The molecule has 0 amide bonds. The Kier molecular flexibility index (Phi) is 4.58. The number of benzene rings is 1. The van der Waals surface area contributed by atoms with Gasteiger partial charge in [0.2, 0.25) is 0 Å². The maximum absolute atomic E-state index is 5.42. The van der Waals surface area contributed by atoms with Gasteiger partial charge in [-0.3, -0.25) is 4.90 Å². The fraction of sp³-hybridized carbons (Fsp3) is 0.389. The number of hydrogen-bond acceptors (Lipinski definition) is 6. The van der Waals surface area contributed by atoms with Crippen LogP contribution in [-0.2, 0) is 4.74 Å². The topological polar surface area (TPSA) is 67.6 Å². The van der Waals surface area contributed by atoms with Crippen LogP contribution in [0.3, 0.4) is 0 Å². The second-order valence-electron chi connectivity index (χ2n) is 6.26. The third-order valence-corrected chi connectivity index (χ3v) is 4.54. The first kappa shape index (κ1) is 16.0. The number of nitrogens with one attached hydrogen (secondary N) is 1. The third kappa shape index (κ3) is 3.47.